The van der Waals surface area contributed by atoms with Gasteiger partial charge in [-0.15, -0.1) is 0 Å². The number of Topliss-reactive ketones (excluding diaryl/α,β-unsaturated/α-hetero) is 2. The van der Waals surface area contributed by atoms with E-state index in [1.54, 1.807) is 24.3 Å². The van der Waals surface area contributed by atoms with Crippen LogP contribution in [0.4, 0.5) is 0 Å². The molecule has 0 aliphatic carbocycles. The SMILES string of the molecule is CC(=O)c1cn[nH]c1-c1cc(Cl)c(O)cc1O.CC(=O)c1cn[nH]c1-c1cc(Cl)c(OCc2ccccc2)cc1OCc1ccccc1.CCOCC[Si](C)(C)C.CCOCC[Si](C)(C)C.O=C(O)c1cn[nH]c1-c1cc(Cl)c(OCc2ccccc2)cc1OCc1ccccc1. The van der Waals surface area contributed by atoms with Gasteiger partial charge < -0.3 is 43.7 Å². The Bertz CT molecular complexity index is 3860. The van der Waals surface area contributed by atoms with Crippen LogP contribution in [-0.2, 0) is 35.9 Å². The number of ether oxygens (including phenoxy) is 6. The molecule has 0 spiro atoms. The van der Waals surface area contributed by atoms with E-state index in [4.69, 9.17) is 63.2 Å². The molecule has 10 rings (SSSR count). The first-order valence-electron chi connectivity index (χ1n) is 31.4. The maximum absolute atomic E-state index is 12.0. The molecule has 23 heteroatoms. The summed E-state index contributed by atoms with van der Waals surface area (Å²) < 4.78 is 34.5. The highest BCUT2D eigenvalue weighted by molar-refractivity contribution is 6.76. The second-order valence-corrected chi connectivity index (χ2v) is 36.8. The fourth-order valence-corrected chi connectivity index (χ4v) is 10.9. The van der Waals surface area contributed by atoms with Crippen LogP contribution in [0.5, 0.6) is 34.5 Å². The molecular formula is C74H85Cl3N6O12Si2. The summed E-state index contributed by atoms with van der Waals surface area (Å²) in [6.07, 6.45) is 4.14. The van der Waals surface area contributed by atoms with E-state index in [9.17, 15) is 29.7 Å². The Balaban J connectivity index is 0.000000209. The number of nitrogens with one attached hydrogen (secondary N) is 3. The lowest BCUT2D eigenvalue weighted by Crippen LogP contribution is -2.21. The van der Waals surface area contributed by atoms with Crippen molar-refractivity contribution in [3.05, 3.63) is 230 Å². The quantitative estimate of drug-likeness (QED) is 0.0167. The minimum atomic E-state index is -1.10. The third kappa shape index (κ3) is 25.5. The number of aromatic carboxylic acids is 1. The average molecular weight is 1410 g/mol. The number of carboxylic acids is 1. The van der Waals surface area contributed by atoms with E-state index < -0.39 is 22.1 Å². The molecule has 10 aromatic rings. The Morgan fingerprint density at radius 2 is 0.732 bits per heavy atom. The predicted octanol–water partition coefficient (Wildman–Crippen LogP) is 18.7. The van der Waals surface area contributed by atoms with Gasteiger partial charge in [0.15, 0.2) is 11.6 Å². The number of benzene rings is 7. The molecule has 0 aliphatic heterocycles. The number of rotatable bonds is 26. The van der Waals surface area contributed by atoms with Crippen LogP contribution in [0, 0.1) is 0 Å². The summed E-state index contributed by atoms with van der Waals surface area (Å²) in [5.41, 5.74) is 7.56. The zero-order valence-electron chi connectivity index (χ0n) is 56.3. The first-order chi connectivity index (χ1) is 46.4. The minimum Gasteiger partial charge on any atom is -0.507 e. The van der Waals surface area contributed by atoms with Gasteiger partial charge in [-0.2, -0.15) is 15.3 Å². The van der Waals surface area contributed by atoms with Gasteiger partial charge >= 0.3 is 5.97 Å². The van der Waals surface area contributed by atoms with Gasteiger partial charge in [0.1, 0.15) is 66.5 Å². The van der Waals surface area contributed by atoms with E-state index in [0.717, 1.165) is 54.7 Å². The van der Waals surface area contributed by atoms with Crippen LogP contribution < -0.4 is 18.9 Å². The molecule has 512 valence electrons. The van der Waals surface area contributed by atoms with Gasteiger partial charge in [-0.05, 0) is 80.2 Å². The molecule has 7 aromatic carbocycles. The molecule has 0 radical (unpaired) electrons. The second-order valence-electron chi connectivity index (χ2n) is 24.4. The third-order valence-corrected chi connectivity index (χ3v) is 18.5. The Kier molecular flexibility index (Phi) is 30.7. The maximum atomic E-state index is 12.0. The molecule has 0 unspecified atom stereocenters. The number of aromatic hydroxyl groups is 2. The summed E-state index contributed by atoms with van der Waals surface area (Å²) in [6, 6.07) is 50.9. The number of H-pyrrole nitrogens is 3. The Morgan fingerprint density at radius 1 is 0.423 bits per heavy atom. The van der Waals surface area contributed by atoms with E-state index in [1.165, 1.54) is 50.6 Å². The number of nitrogens with zero attached hydrogens (tertiary/aromatic N) is 3. The van der Waals surface area contributed by atoms with Crippen LogP contribution in [0.3, 0.4) is 0 Å². The molecule has 3 aromatic heterocycles. The molecule has 3 heterocycles. The summed E-state index contributed by atoms with van der Waals surface area (Å²) in [5, 5.41) is 49.3. The van der Waals surface area contributed by atoms with Crippen molar-refractivity contribution >= 4 is 68.5 Å². The van der Waals surface area contributed by atoms with E-state index in [0.29, 0.717) is 104 Å². The lowest BCUT2D eigenvalue weighted by atomic mass is 10.0. The number of halogens is 3. The largest absolute Gasteiger partial charge is 0.507 e. The molecule has 0 aliphatic rings. The Hall–Kier alpha value is -9.00. The number of aromatic nitrogens is 6. The highest BCUT2D eigenvalue weighted by Gasteiger charge is 2.23. The highest BCUT2D eigenvalue weighted by atomic mass is 35.5. The molecule has 0 saturated carbocycles. The van der Waals surface area contributed by atoms with Gasteiger partial charge in [-0.25, -0.2) is 4.79 Å². The predicted molar refractivity (Wildman–Crippen MR) is 390 cm³/mol. The molecule has 97 heavy (non-hydrogen) atoms. The first kappa shape index (κ1) is 77.0. The first-order valence-corrected chi connectivity index (χ1v) is 40.0. The smallest absolute Gasteiger partial charge is 0.339 e. The fraction of sp³-hybridized carbons (Fsp3) is 0.270. The summed E-state index contributed by atoms with van der Waals surface area (Å²) in [7, 11) is -1.64. The van der Waals surface area contributed by atoms with Crippen molar-refractivity contribution in [2.45, 2.75) is 105 Å². The van der Waals surface area contributed by atoms with Crippen molar-refractivity contribution in [3.63, 3.8) is 0 Å². The monoisotopic (exact) mass is 1410 g/mol. The number of carbonyl (C=O) groups excluding carboxylic acids is 2. The lowest BCUT2D eigenvalue weighted by molar-refractivity contribution is 0.0697. The van der Waals surface area contributed by atoms with E-state index in [1.807, 2.05) is 135 Å². The van der Waals surface area contributed by atoms with E-state index >= 15 is 0 Å². The van der Waals surface area contributed by atoms with Crippen LogP contribution >= 0.6 is 34.8 Å². The number of hydrogen-bond donors (Lipinski definition) is 6. The molecule has 0 bridgehead atoms. The summed E-state index contributed by atoms with van der Waals surface area (Å²) in [6.45, 7) is 26.2. The van der Waals surface area contributed by atoms with Gasteiger partial charge in [0, 0.05) is 77.5 Å². The topological polar surface area (TPSA) is 253 Å². The Morgan fingerprint density at radius 3 is 1.05 bits per heavy atom. The number of phenols is 2. The van der Waals surface area contributed by atoms with Crippen LogP contribution in [0.25, 0.3) is 33.8 Å². The molecule has 0 fully saturated rings. The number of aromatic amines is 3. The molecule has 0 saturated heterocycles. The third-order valence-electron chi connectivity index (χ3n) is 14.2. The van der Waals surface area contributed by atoms with Crippen molar-refractivity contribution < 1.29 is 58.1 Å². The van der Waals surface area contributed by atoms with Crippen molar-refractivity contribution in [2.75, 3.05) is 26.4 Å². The molecule has 0 amide bonds. The zero-order chi connectivity index (χ0) is 70.5. The molecular weight excluding hydrogens is 1330 g/mol. The number of ketones is 2. The van der Waals surface area contributed by atoms with Crippen molar-refractivity contribution in [2.24, 2.45) is 0 Å². The summed E-state index contributed by atoms with van der Waals surface area (Å²) >= 11 is 18.8. The lowest BCUT2D eigenvalue weighted by Gasteiger charge is -2.16. The van der Waals surface area contributed by atoms with Gasteiger partial charge in [-0.1, -0.05) is 195 Å². The second kappa shape index (κ2) is 38.7. The van der Waals surface area contributed by atoms with Gasteiger partial charge in [0.05, 0.1) is 61.9 Å². The minimum absolute atomic E-state index is 0.0265. The summed E-state index contributed by atoms with van der Waals surface area (Å²) in [5.74, 6) is 0.130. The Labute approximate surface area is 584 Å². The number of carbonyl (C=O) groups is 3. The van der Waals surface area contributed by atoms with Gasteiger partial charge in [0.25, 0.3) is 0 Å². The zero-order valence-corrected chi connectivity index (χ0v) is 60.6. The molecule has 6 N–H and O–H groups in total. The van der Waals surface area contributed by atoms with Crippen molar-refractivity contribution in [1.29, 1.82) is 0 Å². The van der Waals surface area contributed by atoms with E-state index in [-0.39, 0.29) is 33.7 Å². The standard InChI is InChI=1S/C25H21ClN2O3.C24H19ClN2O4.C11H9ClN2O3.2C7H18OSi/c1-17(29)21-14-27-28-25(21)20-12-22(26)24(31-16-19-10-6-3-7-11-19)13-23(20)30-15-18-8-4-2-5-9-18;25-20-11-18(23-19(24(28)29)13-26-27-23)21(30-14-16-7-3-1-4-8-16)12-22(20)31-15-17-9-5-2-6-10-17;1-5(15)7-4-13-14-11(7)6-2-8(12)10(17)3-9(6)16;2*1-5-8-6-7-9(2,3)4/h2-14H,15-16H2,1H3,(H,27,28);1-13H,14-15H2,(H,26,27)(H,28,29);2-4,16-17H,1H3,(H,13,14);2*5-7H2,1-4H3. The van der Waals surface area contributed by atoms with E-state index in [2.05, 4.69) is 69.9 Å². The highest BCUT2D eigenvalue weighted by Crippen LogP contribution is 2.42. The molecule has 0 atom stereocenters. The van der Waals surface area contributed by atoms with Gasteiger partial charge in [0.2, 0.25) is 0 Å². The maximum Gasteiger partial charge on any atom is 0.339 e. The normalized spacial score (nSPS) is 10.9. The van der Waals surface area contributed by atoms with Crippen LogP contribution in [-0.4, -0.2) is 106 Å². The fourth-order valence-electron chi connectivity index (χ4n) is 8.83. The summed E-state index contributed by atoms with van der Waals surface area (Å²) in [4.78, 5) is 35.0. The average Bonchev–Trinajstić information content (AvgIpc) is 1.80. The number of phenolic OH excluding ortho intramolecular Hbond substituents is 2. The van der Waals surface area contributed by atoms with Crippen molar-refractivity contribution in [3.8, 4) is 68.3 Å². The number of hydrogen-bond acceptors (Lipinski definition) is 14. The van der Waals surface area contributed by atoms with Gasteiger partial charge in [-0.3, -0.25) is 24.9 Å². The number of carboxylic acid groups (broad SMARTS) is 1. The van der Waals surface area contributed by atoms with Crippen LogP contribution in [0.1, 0.15) is 81.0 Å². The molecule has 18 nitrogen and oxygen atoms in total. The van der Waals surface area contributed by atoms with Crippen LogP contribution in [0.2, 0.25) is 66.4 Å². The van der Waals surface area contributed by atoms with Crippen molar-refractivity contribution in [1.82, 2.24) is 30.6 Å². The van der Waals surface area contributed by atoms with Crippen LogP contribution in [0.15, 0.2) is 176 Å².